The highest BCUT2D eigenvalue weighted by Crippen LogP contribution is 2.26. The van der Waals surface area contributed by atoms with Crippen LogP contribution in [-0.4, -0.2) is 6.04 Å². The third-order valence-corrected chi connectivity index (χ3v) is 3.42. The number of hydrogen-bond acceptors (Lipinski definition) is 3. The molecule has 4 heteroatoms. The summed E-state index contributed by atoms with van der Waals surface area (Å²) in [5, 5.41) is 0. The fourth-order valence-corrected chi connectivity index (χ4v) is 2.80. The number of hydrazine groups is 1. The zero-order valence-electron chi connectivity index (χ0n) is 9.51. The predicted molar refractivity (Wildman–Crippen MR) is 68.2 cm³/mol. The van der Waals surface area contributed by atoms with E-state index in [2.05, 4.69) is 32.3 Å². The minimum absolute atomic E-state index is 0.290. The largest absolute Gasteiger partial charge is 0.271 e. The Labute approximate surface area is 101 Å². The molecule has 0 bridgehead atoms. The lowest BCUT2D eigenvalue weighted by atomic mass is 9.87. The molecule has 0 aliphatic heterocycles. The molecular weight excluding hydrogens is 228 g/mol. The molecule has 1 atom stereocenters. The molecule has 1 heterocycles. The number of thiophene rings is 1. The lowest BCUT2D eigenvalue weighted by Gasteiger charge is -2.25. The highest BCUT2D eigenvalue weighted by atomic mass is 35.5. The van der Waals surface area contributed by atoms with Crippen molar-refractivity contribution in [3.63, 3.8) is 0 Å². The first kappa shape index (κ1) is 13.0. The normalized spacial score (nSPS) is 14.2. The van der Waals surface area contributed by atoms with Crippen LogP contribution in [-0.2, 0) is 6.42 Å². The Balaban J connectivity index is 2.54. The molecule has 1 aromatic heterocycles. The van der Waals surface area contributed by atoms with E-state index in [-0.39, 0.29) is 5.41 Å². The highest BCUT2D eigenvalue weighted by Gasteiger charge is 2.18. The van der Waals surface area contributed by atoms with Crippen LogP contribution >= 0.6 is 22.9 Å². The molecule has 1 unspecified atom stereocenters. The van der Waals surface area contributed by atoms with Gasteiger partial charge in [0, 0.05) is 10.9 Å². The molecule has 0 fully saturated rings. The van der Waals surface area contributed by atoms with Crippen molar-refractivity contribution in [3.05, 3.63) is 21.3 Å². The van der Waals surface area contributed by atoms with Gasteiger partial charge in [0.1, 0.15) is 0 Å². The number of halogens is 1. The van der Waals surface area contributed by atoms with Crippen LogP contribution in [0.1, 0.15) is 32.1 Å². The summed E-state index contributed by atoms with van der Waals surface area (Å²) in [6, 6.07) is 4.33. The SMILES string of the molecule is CC(C)(C)CC(Cc1ccc(Cl)s1)NN. The topological polar surface area (TPSA) is 38.0 Å². The first-order chi connectivity index (χ1) is 6.90. The van der Waals surface area contributed by atoms with E-state index >= 15 is 0 Å². The van der Waals surface area contributed by atoms with Gasteiger partial charge in [-0.05, 0) is 30.4 Å². The first-order valence-electron chi connectivity index (χ1n) is 5.11. The molecule has 0 amide bonds. The van der Waals surface area contributed by atoms with Crippen molar-refractivity contribution in [1.29, 1.82) is 0 Å². The fourth-order valence-electron chi connectivity index (χ4n) is 1.63. The summed E-state index contributed by atoms with van der Waals surface area (Å²) >= 11 is 7.51. The Morgan fingerprint density at radius 3 is 2.53 bits per heavy atom. The molecule has 0 aliphatic rings. The van der Waals surface area contributed by atoms with Crippen LogP contribution in [0.2, 0.25) is 4.34 Å². The van der Waals surface area contributed by atoms with Crippen LogP contribution in [0.25, 0.3) is 0 Å². The van der Waals surface area contributed by atoms with Crippen molar-refractivity contribution in [1.82, 2.24) is 5.43 Å². The van der Waals surface area contributed by atoms with E-state index in [9.17, 15) is 0 Å². The average Bonchev–Trinajstić information content (AvgIpc) is 2.47. The highest BCUT2D eigenvalue weighted by molar-refractivity contribution is 7.16. The summed E-state index contributed by atoms with van der Waals surface area (Å²) in [5.74, 6) is 5.56. The van der Waals surface area contributed by atoms with E-state index in [0.29, 0.717) is 6.04 Å². The Hall–Kier alpha value is -0.0900. The van der Waals surface area contributed by atoms with Gasteiger partial charge in [-0.1, -0.05) is 32.4 Å². The minimum atomic E-state index is 0.290. The quantitative estimate of drug-likeness (QED) is 0.633. The Kier molecular flexibility index (Phi) is 4.59. The van der Waals surface area contributed by atoms with Crippen LogP contribution in [0, 0.1) is 5.41 Å². The van der Waals surface area contributed by atoms with Crippen LogP contribution in [0.4, 0.5) is 0 Å². The van der Waals surface area contributed by atoms with Gasteiger partial charge >= 0.3 is 0 Å². The van der Waals surface area contributed by atoms with Crippen molar-refractivity contribution < 1.29 is 0 Å². The second-order valence-corrected chi connectivity index (χ2v) is 6.84. The summed E-state index contributed by atoms with van der Waals surface area (Å²) in [6.45, 7) is 6.66. The molecule has 0 radical (unpaired) electrons. The monoisotopic (exact) mass is 246 g/mol. The zero-order valence-corrected chi connectivity index (χ0v) is 11.1. The second-order valence-electron chi connectivity index (χ2n) is 5.04. The van der Waals surface area contributed by atoms with Crippen molar-refractivity contribution in [2.45, 2.75) is 39.7 Å². The van der Waals surface area contributed by atoms with Crippen molar-refractivity contribution in [3.8, 4) is 0 Å². The summed E-state index contributed by atoms with van der Waals surface area (Å²) in [6.07, 6.45) is 2.00. The number of rotatable bonds is 4. The predicted octanol–water partition coefficient (Wildman–Crippen LogP) is 3.21. The van der Waals surface area contributed by atoms with Gasteiger partial charge in [-0.2, -0.15) is 0 Å². The van der Waals surface area contributed by atoms with Gasteiger partial charge in [0.15, 0.2) is 0 Å². The minimum Gasteiger partial charge on any atom is -0.271 e. The van der Waals surface area contributed by atoms with Crippen LogP contribution < -0.4 is 11.3 Å². The molecule has 86 valence electrons. The van der Waals surface area contributed by atoms with E-state index in [1.807, 2.05) is 6.07 Å². The zero-order chi connectivity index (χ0) is 11.5. The van der Waals surface area contributed by atoms with Gasteiger partial charge in [0.25, 0.3) is 0 Å². The molecule has 0 aliphatic carbocycles. The third kappa shape index (κ3) is 4.98. The van der Waals surface area contributed by atoms with Crippen LogP contribution in [0.15, 0.2) is 12.1 Å². The van der Waals surface area contributed by atoms with Gasteiger partial charge in [0.2, 0.25) is 0 Å². The van der Waals surface area contributed by atoms with Gasteiger partial charge in [0.05, 0.1) is 4.34 Å². The molecular formula is C11H19ClN2S. The van der Waals surface area contributed by atoms with Gasteiger partial charge < -0.3 is 0 Å². The molecule has 2 nitrogen and oxygen atoms in total. The van der Waals surface area contributed by atoms with Gasteiger partial charge in [-0.15, -0.1) is 11.3 Å². The van der Waals surface area contributed by atoms with Crippen molar-refractivity contribution in [2.24, 2.45) is 11.3 Å². The summed E-state index contributed by atoms with van der Waals surface area (Å²) < 4.78 is 0.844. The van der Waals surface area contributed by atoms with E-state index in [1.165, 1.54) is 4.88 Å². The van der Waals surface area contributed by atoms with Gasteiger partial charge in [-0.3, -0.25) is 11.3 Å². The second kappa shape index (κ2) is 5.30. The average molecular weight is 247 g/mol. The lowest BCUT2D eigenvalue weighted by Crippen LogP contribution is -2.39. The standard InChI is InChI=1S/C11H19ClN2S/c1-11(2,3)7-8(14-13)6-9-4-5-10(12)15-9/h4-5,8,14H,6-7,13H2,1-3H3. The van der Waals surface area contributed by atoms with Crippen LogP contribution in [0.5, 0.6) is 0 Å². The maximum absolute atomic E-state index is 5.89. The van der Waals surface area contributed by atoms with Gasteiger partial charge in [-0.25, -0.2) is 0 Å². The maximum Gasteiger partial charge on any atom is 0.0931 e. The molecule has 15 heavy (non-hydrogen) atoms. The number of hydrogen-bond donors (Lipinski definition) is 2. The van der Waals surface area contributed by atoms with Crippen molar-refractivity contribution >= 4 is 22.9 Å². The summed E-state index contributed by atoms with van der Waals surface area (Å²) in [7, 11) is 0. The summed E-state index contributed by atoms with van der Waals surface area (Å²) in [4.78, 5) is 1.28. The Morgan fingerprint density at radius 2 is 2.13 bits per heavy atom. The van der Waals surface area contributed by atoms with E-state index in [1.54, 1.807) is 11.3 Å². The van der Waals surface area contributed by atoms with Crippen molar-refractivity contribution in [2.75, 3.05) is 0 Å². The van der Waals surface area contributed by atoms with E-state index < -0.39 is 0 Å². The molecule has 0 aromatic carbocycles. The molecule has 3 N–H and O–H groups in total. The molecule has 0 saturated heterocycles. The smallest absolute Gasteiger partial charge is 0.0931 e. The van der Waals surface area contributed by atoms with E-state index in [0.717, 1.165) is 17.2 Å². The Morgan fingerprint density at radius 1 is 1.47 bits per heavy atom. The molecule has 0 saturated carbocycles. The third-order valence-electron chi connectivity index (χ3n) is 2.17. The van der Waals surface area contributed by atoms with E-state index in [4.69, 9.17) is 17.4 Å². The molecule has 0 spiro atoms. The molecule has 1 aromatic rings. The summed E-state index contributed by atoms with van der Waals surface area (Å²) in [5.41, 5.74) is 3.17. The first-order valence-corrected chi connectivity index (χ1v) is 6.30. The lowest BCUT2D eigenvalue weighted by molar-refractivity contribution is 0.309. The number of nitrogens with two attached hydrogens (primary N) is 1. The Bertz CT molecular complexity index is 304. The van der Waals surface area contributed by atoms with Crippen LogP contribution in [0.3, 0.4) is 0 Å². The molecule has 1 rings (SSSR count). The fraction of sp³-hybridized carbons (Fsp3) is 0.636. The number of nitrogens with one attached hydrogen (secondary N) is 1. The maximum atomic E-state index is 5.89.